The van der Waals surface area contributed by atoms with Crippen LogP contribution in [0, 0.1) is 0 Å². The number of imidazole rings is 2. The largest absolute Gasteiger partial charge is 0.397 e. The molecule has 4 aromatic rings. The number of rotatable bonds is 8. The fraction of sp³-hybridized carbons (Fsp3) is 0.500. The number of unbranched alkanes of at least 4 members (excludes halogenated alkanes) is 1. The number of nitrogens with zero attached hydrogens (tertiary/aromatic N) is 4. The van der Waals surface area contributed by atoms with Gasteiger partial charge < -0.3 is 25.7 Å². The minimum atomic E-state index is -1.21. The van der Waals surface area contributed by atoms with Crippen molar-refractivity contribution in [1.29, 1.82) is 0 Å². The average molecular weight is 527 g/mol. The van der Waals surface area contributed by atoms with Crippen LogP contribution in [0.1, 0.15) is 51.2 Å². The third-order valence-electron chi connectivity index (χ3n) is 6.89. The molecule has 0 saturated carbocycles. The van der Waals surface area contributed by atoms with Gasteiger partial charge >= 0.3 is 0 Å². The number of benzene rings is 1. The SMILES string of the molecule is CC(C)(C)c1ccc2nc(CCCCS(=O)C[C@H]3O[C@@H](n4cnc5c(N)ccnc54)[C@H](O)[C@@H]3O)[nH]c2c1. The molecule has 3 aromatic heterocycles. The zero-order valence-corrected chi connectivity index (χ0v) is 22.1. The lowest BCUT2D eigenvalue weighted by atomic mass is 9.87. The zero-order valence-electron chi connectivity index (χ0n) is 21.3. The maximum Gasteiger partial charge on any atom is 0.165 e. The number of pyridine rings is 1. The second-order valence-corrected chi connectivity index (χ2v) is 12.3. The van der Waals surface area contributed by atoms with Gasteiger partial charge in [0.25, 0.3) is 0 Å². The Balaban J connectivity index is 1.13. The Morgan fingerprint density at radius 2 is 1.97 bits per heavy atom. The lowest BCUT2D eigenvalue weighted by molar-refractivity contribution is -0.0290. The number of anilines is 1. The molecule has 5 N–H and O–H groups in total. The predicted octanol–water partition coefficient (Wildman–Crippen LogP) is 2.58. The van der Waals surface area contributed by atoms with Crippen LogP contribution in [-0.2, 0) is 27.4 Å². The summed E-state index contributed by atoms with van der Waals surface area (Å²) in [5, 5.41) is 21.2. The molecule has 0 bridgehead atoms. The molecule has 0 aliphatic carbocycles. The van der Waals surface area contributed by atoms with E-state index in [1.165, 1.54) is 11.9 Å². The summed E-state index contributed by atoms with van der Waals surface area (Å²) in [6.07, 6.45) is 1.38. The van der Waals surface area contributed by atoms with Crippen molar-refractivity contribution in [3.05, 3.63) is 48.2 Å². The van der Waals surface area contributed by atoms with Crippen molar-refractivity contribution in [1.82, 2.24) is 24.5 Å². The molecule has 11 heteroatoms. The summed E-state index contributed by atoms with van der Waals surface area (Å²) in [7, 11) is -1.21. The summed E-state index contributed by atoms with van der Waals surface area (Å²) < 4.78 is 20.2. The first-order chi connectivity index (χ1) is 17.6. The number of nitrogen functional groups attached to an aromatic ring is 1. The molecule has 1 fully saturated rings. The lowest BCUT2D eigenvalue weighted by Crippen LogP contribution is -2.34. The van der Waals surface area contributed by atoms with Crippen LogP contribution in [0.15, 0.2) is 36.8 Å². The van der Waals surface area contributed by atoms with E-state index < -0.39 is 35.3 Å². The Labute approximate surface area is 217 Å². The maximum absolute atomic E-state index is 12.8. The fourth-order valence-corrected chi connectivity index (χ4v) is 6.04. The van der Waals surface area contributed by atoms with E-state index in [9.17, 15) is 14.4 Å². The van der Waals surface area contributed by atoms with E-state index in [0.29, 0.717) is 22.6 Å². The zero-order chi connectivity index (χ0) is 26.3. The highest BCUT2D eigenvalue weighted by Gasteiger charge is 2.44. The van der Waals surface area contributed by atoms with Crippen LogP contribution in [0.5, 0.6) is 0 Å². The number of H-pyrrole nitrogens is 1. The monoisotopic (exact) mass is 526 g/mol. The molecule has 4 heterocycles. The number of nitrogens with one attached hydrogen (secondary N) is 1. The first-order valence-electron chi connectivity index (χ1n) is 12.5. The number of aryl methyl sites for hydroxylation is 1. The number of ether oxygens (including phenoxy) is 1. The van der Waals surface area contributed by atoms with Gasteiger partial charge in [-0.25, -0.2) is 15.0 Å². The average Bonchev–Trinajstić information content (AvgIpc) is 3.53. The van der Waals surface area contributed by atoms with Crippen molar-refractivity contribution in [2.24, 2.45) is 0 Å². The molecular weight excluding hydrogens is 492 g/mol. The van der Waals surface area contributed by atoms with Gasteiger partial charge in [0.1, 0.15) is 29.7 Å². The fourth-order valence-electron chi connectivity index (χ4n) is 4.71. The van der Waals surface area contributed by atoms with Gasteiger partial charge in [0.05, 0.1) is 28.8 Å². The molecule has 1 saturated heterocycles. The van der Waals surface area contributed by atoms with Crippen LogP contribution in [0.25, 0.3) is 22.2 Å². The maximum atomic E-state index is 12.8. The van der Waals surface area contributed by atoms with E-state index in [1.54, 1.807) is 16.8 Å². The van der Waals surface area contributed by atoms with E-state index in [4.69, 9.17) is 10.5 Å². The van der Waals surface area contributed by atoms with Gasteiger partial charge in [0.15, 0.2) is 11.9 Å². The Morgan fingerprint density at radius 3 is 2.76 bits per heavy atom. The molecule has 0 radical (unpaired) electrons. The highest BCUT2D eigenvalue weighted by Crippen LogP contribution is 2.32. The van der Waals surface area contributed by atoms with Crippen LogP contribution in [0.2, 0.25) is 0 Å². The van der Waals surface area contributed by atoms with Gasteiger partial charge in [-0.1, -0.05) is 26.8 Å². The van der Waals surface area contributed by atoms with Crippen molar-refractivity contribution in [3.63, 3.8) is 0 Å². The van der Waals surface area contributed by atoms with E-state index in [0.717, 1.165) is 36.1 Å². The van der Waals surface area contributed by atoms with Crippen LogP contribution >= 0.6 is 0 Å². The van der Waals surface area contributed by atoms with Crippen molar-refractivity contribution < 1.29 is 19.2 Å². The number of aromatic amines is 1. The van der Waals surface area contributed by atoms with Gasteiger partial charge in [0, 0.05) is 29.2 Å². The number of aliphatic hydroxyl groups excluding tert-OH is 2. The molecule has 1 aliphatic heterocycles. The van der Waals surface area contributed by atoms with Gasteiger partial charge in [-0.05, 0) is 42.0 Å². The van der Waals surface area contributed by atoms with Gasteiger partial charge in [-0.3, -0.25) is 8.78 Å². The smallest absolute Gasteiger partial charge is 0.165 e. The molecular formula is C26H34N6O4S. The summed E-state index contributed by atoms with van der Waals surface area (Å²) in [5.41, 5.74) is 10.7. The highest BCUT2D eigenvalue weighted by molar-refractivity contribution is 7.85. The molecule has 5 rings (SSSR count). The minimum Gasteiger partial charge on any atom is -0.397 e. The standard InChI is InChI=1S/C26H34N6O4S/c1-26(2,3)15-7-8-17-18(12-15)31-20(30-17)6-4-5-11-37(35)13-19-22(33)23(34)25(36-19)32-14-29-21-16(27)9-10-28-24(21)32/h7-10,12,14,19,22-23,25,33-34H,4-6,11,13H2,1-3H3,(H2,27,28)(H,30,31)/t19-,22-,23-,25-,37?/m1/s1. The second-order valence-electron chi connectivity index (χ2n) is 10.7. The molecule has 1 aromatic carbocycles. The first-order valence-corrected chi connectivity index (χ1v) is 14.0. The summed E-state index contributed by atoms with van der Waals surface area (Å²) in [5.74, 6) is 1.54. The Kier molecular flexibility index (Phi) is 7.06. The molecule has 37 heavy (non-hydrogen) atoms. The van der Waals surface area contributed by atoms with Crippen LogP contribution in [0.4, 0.5) is 5.69 Å². The third-order valence-corrected chi connectivity index (χ3v) is 8.33. The first kappa shape index (κ1) is 25.8. The Hall–Kier alpha value is -2.86. The van der Waals surface area contributed by atoms with Crippen LogP contribution in [0.3, 0.4) is 0 Å². The molecule has 198 valence electrons. The summed E-state index contributed by atoms with van der Waals surface area (Å²) in [6, 6.07) is 7.98. The molecule has 10 nitrogen and oxygen atoms in total. The van der Waals surface area contributed by atoms with Crippen LogP contribution in [-0.4, -0.2) is 68.7 Å². The van der Waals surface area contributed by atoms with E-state index in [-0.39, 0.29) is 11.2 Å². The Morgan fingerprint density at radius 1 is 1.16 bits per heavy atom. The second kappa shape index (κ2) is 10.1. The summed E-state index contributed by atoms with van der Waals surface area (Å²) in [6.45, 7) is 6.57. The lowest BCUT2D eigenvalue weighted by Gasteiger charge is -2.18. The normalized spacial score (nSPS) is 23.3. The van der Waals surface area contributed by atoms with E-state index in [1.807, 2.05) is 0 Å². The summed E-state index contributed by atoms with van der Waals surface area (Å²) >= 11 is 0. The number of hydrogen-bond acceptors (Lipinski definition) is 8. The quantitative estimate of drug-likeness (QED) is 0.256. The van der Waals surface area contributed by atoms with Crippen molar-refractivity contribution in [3.8, 4) is 0 Å². The van der Waals surface area contributed by atoms with Gasteiger partial charge in [-0.15, -0.1) is 0 Å². The predicted molar refractivity (Wildman–Crippen MR) is 143 cm³/mol. The van der Waals surface area contributed by atoms with Crippen molar-refractivity contribution >= 4 is 38.7 Å². The van der Waals surface area contributed by atoms with Crippen molar-refractivity contribution in [2.45, 2.75) is 70.0 Å². The number of aliphatic hydroxyl groups is 2. The Bertz CT molecular complexity index is 1430. The van der Waals surface area contributed by atoms with Crippen LogP contribution < -0.4 is 5.73 Å². The minimum absolute atomic E-state index is 0.0770. The number of nitrogens with two attached hydrogens (primary N) is 1. The highest BCUT2D eigenvalue weighted by atomic mass is 32.2. The number of aromatic nitrogens is 5. The molecule has 0 spiro atoms. The number of fused-ring (bicyclic) bond motifs is 2. The third kappa shape index (κ3) is 5.26. The molecule has 0 amide bonds. The molecule has 5 atom stereocenters. The topological polar surface area (TPSA) is 152 Å². The van der Waals surface area contributed by atoms with E-state index in [2.05, 4.69) is 58.9 Å². The molecule has 1 unspecified atom stereocenters. The van der Waals surface area contributed by atoms with Crippen molar-refractivity contribution in [2.75, 3.05) is 17.2 Å². The number of hydrogen-bond donors (Lipinski definition) is 4. The summed E-state index contributed by atoms with van der Waals surface area (Å²) in [4.78, 5) is 16.6. The van der Waals surface area contributed by atoms with E-state index >= 15 is 0 Å². The van der Waals surface area contributed by atoms with Gasteiger partial charge in [0.2, 0.25) is 0 Å². The van der Waals surface area contributed by atoms with Gasteiger partial charge in [-0.2, -0.15) is 0 Å². The molecule has 1 aliphatic rings.